The Morgan fingerprint density at radius 1 is 1.47 bits per heavy atom. The summed E-state index contributed by atoms with van der Waals surface area (Å²) in [5, 5.41) is 9.38. The van der Waals surface area contributed by atoms with Gasteiger partial charge >= 0.3 is 5.97 Å². The van der Waals surface area contributed by atoms with Crippen LogP contribution in [0.15, 0.2) is 24.4 Å². The van der Waals surface area contributed by atoms with Crippen LogP contribution in [0.4, 0.5) is 0 Å². The number of aliphatic carboxylic acids is 1. The van der Waals surface area contributed by atoms with Gasteiger partial charge in [-0.3, -0.25) is 4.98 Å². The van der Waals surface area contributed by atoms with Gasteiger partial charge in [0.15, 0.2) is 0 Å². The Labute approximate surface area is 101 Å². The summed E-state index contributed by atoms with van der Waals surface area (Å²) in [6, 6.07) is 5.24. The van der Waals surface area contributed by atoms with Crippen molar-refractivity contribution in [2.75, 3.05) is 0 Å². The number of hydrogen-bond acceptors (Lipinski definition) is 3. The van der Waals surface area contributed by atoms with Gasteiger partial charge in [0.25, 0.3) is 0 Å². The average Bonchev–Trinajstić information content (AvgIpc) is 2.82. The van der Waals surface area contributed by atoms with Gasteiger partial charge < -0.3 is 9.84 Å². The van der Waals surface area contributed by atoms with Crippen LogP contribution in [-0.2, 0) is 15.1 Å². The van der Waals surface area contributed by atoms with Crippen molar-refractivity contribution in [3.05, 3.63) is 30.1 Å². The SMILES string of the molecule is CC(OC1CCCC1)(C(=O)O)c1ccccn1. The first-order valence-corrected chi connectivity index (χ1v) is 5.95. The third-order valence-electron chi connectivity index (χ3n) is 3.27. The molecule has 1 aliphatic carbocycles. The fourth-order valence-corrected chi connectivity index (χ4v) is 2.20. The maximum Gasteiger partial charge on any atom is 0.342 e. The molecule has 1 N–H and O–H groups in total. The summed E-state index contributed by atoms with van der Waals surface area (Å²) in [5.41, 5.74) is -0.879. The van der Waals surface area contributed by atoms with Crippen LogP contribution in [0.1, 0.15) is 38.3 Å². The first kappa shape index (κ1) is 12.0. The van der Waals surface area contributed by atoms with Gasteiger partial charge in [-0.1, -0.05) is 18.9 Å². The number of aromatic nitrogens is 1. The van der Waals surface area contributed by atoms with E-state index >= 15 is 0 Å². The lowest BCUT2D eigenvalue weighted by molar-refractivity contribution is -0.173. The highest BCUT2D eigenvalue weighted by molar-refractivity contribution is 5.78. The summed E-state index contributed by atoms with van der Waals surface area (Å²) in [6.45, 7) is 1.58. The number of nitrogens with zero attached hydrogens (tertiary/aromatic N) is 1. The van der Waals surface area contributed by atoms with E-state index in [-0.39, 0.29) is 6.10 Å². The lowest BCUT2D eigenvalue weighted by Gasteiger charge is -2.28. The highest BCUT2D eigenvalue weighted by Crippen LogP contribution is 2.31. The van der Waals surface area contributed by atoms with Gasteiger partial charge in [0.2, 0.25) is 5.60 Å². The van der Waals surface area contributed by atoms with E-state index in [0.717, 1.165) is 25.7 Å². The standard InChI is InChI=1S/C13H17NO3/c1-13(12(15)16,11-8-4-5-9-14-11)17-10-6-2-3-7-10/h4-5,8-10H,2-3,6-7H2,1H3,(H,15,16). The zero-order valence-electron chi connectivity index (χ0n) is 9.93. The number of hydrogen-bond donors (Lipinski definition) is 1. The maximum atomic E-state index is 11.4. The van der Waals surface area contributed by atoms with Crippen molar-refractivity contribution >= 4 is 5.97 Å². The molecule has 1 saturated carbocycles. The Balaban J connectivity index is 2.23. The number of carboxylic acids is 1. The Bertz CT molecular complexity index is 387. The molecule has 0 amide bonds. The number of carbonyl (C=O) groups is 1. The molecule has 1 aromatic heterocycles. The minimum atomic E-state index is -1.34. The van der Waals surface area contributed by atoms with Crippen LogP contribution in [-0.4, -0.2) is 22.2 Å². The van der Waals surface area contributed by atoms with Crippen molar-refractivity contribution in [1.29, 1.82) is 0 Å². The Morgan fingerprint density at radius 3 is 2.71 bits per heavy atom. The quantitative estimate of drug-likeness (QED) is 0.870. The van der Waals surface area contributed by atoms with Crippen molar-refractivity contribution in [2.24, 2.45) is 0 Å². The van der Waals surface area contributed by atoms with Crippen LogP contribution >= 0.6 is 0 Å². The monoisotopic (exact) mass is 235 g/mol. The molecule has 0 spiro atoms. The van der Waals surface area contributed by atoms with E-state index in [0.29, 0.717) is 5.69 Å². The van der Waals surface area contributed by atoms with Crippen LogP contribution in [0.5, 0.6) is 0 Å². The molecule has 1 fully saturated rings. The Morgan fingerprint density at radius 2 is 2.18 bits per heavy atom. The van der Waals surface area contributed by atoms with Crippen molar-refractivity contribution in [3.8, 4) is 0 Å². The second-order valence-electron chi connectivity index (χ2n) is 4.58. The summed E-state index contributed by atoms with van der Waals surface area (Å²) in [6.07, 6.45) is 5.74. The van der Waals surface area contributed by atoms with E-state index < -0.39 is 11.6 Å². The molecule has 2 rings (SSSR count). The molecule has 1 atom stereocenters. The average molecular weight is 235 g/mol. The molecule has 1 aliphatic rings. The number of rotatable bonds is 4. The molecule has 0 aliphatic heterocycles. The van der Waals surface area contributed by atoms with Crippen LogP contribution in [0.25, 0.3) is 0 Å². The van der Waals surface area contributed by atoms with Crippen LogP contribution in [0.3, 0.4) is 0 Å². The fraction of sp³-hybridized carbons (Fsp3) is 0.538. The van der Waals surface area contributed by atoms with Gasteiger partial charge in [0, 0.05) is 6.20 Å². The van der Waals surface area contributed by atoms with Crippen molar-refractivity contribution in [2.45, 2.75) is 44.3 Å². The van der Waals surface area contributed by atoms with Crippen molar-refractivity contribution in [3.63, 3.8) is 0 Å². The molecule has 1 unspecified atom stereocenters. The predicted octanol–water partition coefficient (Wildman–Crippen LogP) is 2.34. The van der Waals surface area contributed by atoms with Gasteiger partial charge in [-0.15, -0.1) is 0 Å². The molecule has 4 nitrogen and oxygen atoms in total. The van der Waals surface area contributed by atoms with E-state index in [2.05, 4.69) is 4.98 Å². The molecule has 0 aromatic carbocycles. The van der Waals surface area contributed by atoms with Gasteiger partial charge in [0.05, 0.1) is 11.8 Å². The third-order valence-corrected chi connectivity index (χ3v) is 3.27. The van der Waals surface area contributed by atoms with E-state index in [1.54, 1.807) is 31.3 Å². The highest BCUT2D eigenvalue weighted by Gasteiger charge is 2.40. The lowest BCUT2D eigenvalue weighted by Crippen LogP contribution is -2.39. The number of pyridine rings is 1. The Kier molecular flexibility index (Phi) is 3.43. The molecule has 4 heteroatoms. The molecule has 17 heavy (non-hydrogen) atoms. The maximum absolute atomic E-state index is 11.4. The molecule has 92 valence electrons. The minimum Gasteiger partial charge on any atom is -0.479 e. The summed E-state index contributed by atoms with van der Waals surface area (Å²) in [7, 11) is 0. The van der Waals surface area contributed by atoms with Gasteiger partial charge in [-0.2, -0.15) is 0 Å². The van der Waals surface area contributed by atoms with Crippen molar-refractivity contribution in [1.82, 2.24) is 4.98 Å². The largest absolute Gasteiger partial charge is 0.479 e. The zero-order valence-corrected chi connectivity index (χ0v) is 9.93. The molecule has 1 aromatic rings. The van der Waals surface area contributed by atoms with Crippen LogP contribution < -0.4 is 0 Å². The number of carboxylic acid groups (broad SMARTS) is 1. The third kappa shape index (κ3) is 2.47. The van der Waals surface area contributed by atoms with Gasteiger partial charge in [-0.05, 0) is 31.9 Å². The van der Waals surface area contributed by atoms with E-state index in [1.807, 2.05) is 0 Å². The van der Waals surface area contributed by atoms with Crippen LogP contribution in [0.2, 0.25) is 0 Å². The summed E-state index contributed by atoms with van der Waals surface area (Å²) < 4.78 is 5.78. The zero-order chi connectivity index (χ0) is 12.3. The van der Waals surface area contributed by atoms with E-state index in [1.165, 1.54) is 0 Å². The minimum absolute atomic E-state index is 0.0399. The Hall–Kier alpha value is -1.42. The normalized spacial score (nSPS) is 20.1. The van der Waals surface area contributed by atoms with E-state index in [4.69, 9.17) is 4.74 Å². The van der Waals surface area contributed by atoms with Gasteiger partial charge in [-0.25, -0.2) is 4.79 Å². The second kappa shape index (κ2) is 4.84. The molecule has 0 bridgehead atoms. The number of ether oxygens (including phenoxy) is 1. The smallest absolute Gasteiger partial charge is 0.342 e. The molecule has 1 heterocycles. The predicted molar refractivity (Wildman–Crippen MR) is 62.6 cm³/mol. The van der Waals surface area contributed by atoms with Crippen LogP contribution in [0, 0.1) is 0 Å². The summed E-state index contributed by atoms with van der Waals surface area (Å²) in [4.78, 5) is 15.6. The molecular weight excluding hydrogens is 218 g/mol. The molecular formula is C13H17NO3. The summed E-state index contributed by atoms with van der Waals surface area (Å²) in [5.74, 6) is -0.983. The molecule has 0 radical (unpaired) electrons. The topological polar surface area (TPSA) is 59.4 Å². The van der Waals surface area contributed by atoms with E-state index in [9.17, 15) is 9.90 Å². The lowest BCUT2D eigenvalue weighted by atomic mass is 10.0. The fourth-order valence-electron chi connectivity index (χ4n) is 2.20. The van der Waals surface area contributed by atoms with Gasteiger partial charge in [0.1, 0.15) is 0 Å². The summed E-state index contributed by atoms with van der Waals surface area (Å²) >= 11 is 0. The first-order chi connectivity index (χ1) is 8.13. The second-order valence-corrected chi connectivity index (χ2v) is 4.58. The molecule has 0 saturated heterocycles. The first-order valence-electron chi connectivity index (χ1n) is 5.95. The highest BCUT2D eigenvalue weighted by atomic mass is 16.5. The van der Waals surface area contributed by atoms with Crippen molar-refractivity contribution < 1.29 is 14.6 Å².